The molecular formula is C19H27ClN2O7. The maximum atomic E-state index is 12.1. The number of hydrogen-bond donors (Lipinski definition) is 2. The Morgan fingerprint density at radius 3 is 2.41 bits per heavy atom. The number of methoxy groups -OCH3 is 1. The number of rotatable bonds is 8. The number of halogens is 1. The number of amides is 1. The number of ether oxygens (including phenoxy) is 2. The van der Waals surface area contributed by atoms with Crippen LogP contribution in [0.2, 0.25) is 5.02 Å². The summed E-state index contributed by atoms with van der Waals surface area (Å²) in [7, 11) is 1.37. The Kier molecular flexibility index (Phi) is 8.25. The molecule has 0 aliphatic heterocycles. The monoisotopic (exact) mass is 430 g/mol. The quantitative estimate of drug-likeness (QED) is 0.469. The molecule has 0 aromatic heterocycles. The van der Waals surface area contributed by atoms with E-state index < -0.39 is 47.5 Å². The van der Waals surface area contributed by atoms with Crippen molar-refractivity contribution in [2.75, 3.05) is 13.7 Å². The molecular weight excluding hydrogens is 404 g/mol. The van der Waals surface area contributed by atoms with Gasteiger partial charge < -0.3 is 19.9 Å². The number of alkyl carbamates (subject to hydrolysis) is 1. The Labute approximate surface area is 174 Å². The highest BCUT2D eigenvalue weighted by atomic mass is 35.5. The lowest BCUT2D eigenvalue weighted by Crippen LogP contribution is -2.34. The van der Waals surface area contributed by atoms with E-state index in [9.17, 15) is 24.8 Å². The molecule has 0 bridgehead atoms. The molecule has 0 fully saturated rings. The number of nitro groups is 1. The van der Waals surface area contributed by atoms with Gasteiger partial charge in [0.2, 0.25) is 6.54 Å². The molecule has 0 aliphatic rings. The van der Waals surface area contributed by atoms with Crippen LogP contribution in [0.25, 0.3) is 0 Å². The molecule has 0 radical (unpaired) electrons. The van der Waals surface area contributed by atoms with Gasteiger partial charge in [0, 0.05) is 21.1 Å². The van der Waals surface area contributed by atoms with Gasteiger partial charge in [0.1, 0.15) is 11.4 Å². The summed E-state index contributed by atoms with van der Waals surface area (Å²) in [6, 6.07) is 0.975. The van der Waals surface area contributed by atoms with E-state index in [0.717, 1.165) is 0 Å². The number of benzene rings is 1. The first kappa shape index (κ1) is 24.5. The molecule has 1 amide bonds. The second-order valence-corrected chi connectivity index (χ2v) is 8.10. The zero-order chi connectivity index (χ0) is 22.5. The number of hydrogen-bond acceptors (Lipinski definition) is 6. The Bertz CT molecular complexity index is 774. The van der Waals surface area contributed by atoms with Crippen molar-refractivity contribution in [3.05, 3.63) is 37.9 Å². The number of carboxylic acids is 1. The number of nitrogens with one attached hydrogen (secondary N) is 1. The first-order chi connectivity index (χ1) is 13.3. The van der Waals surface area contributed by atoms with Crippen LogP contribution in [0, 0.1) is 17.0 Å². The van der Waals surface area contributed by atoms with Crippen molar-refractivity contribution >= 4 is 23.7 Å². The van der Waals surface area contributed by atoms with Crippen molar-refractivity contribution in [3.8, 4) is 5.75 Å². The topological polar surface area (TPSA) is 128 Å². The van der Waals surface area contributed by atoms with Crippen LogP contribution in [0.15, 0.2) is 6.07 Å². The van der Waals surface area contributed by atoms with E-state index in [2.05, 4.69) is 5.32 Å². The summed E-state index contributed by atoms with van der Waals surface area (Å²) in [6.07, 6.45) is -1.12. The highest BCUT2D eigenvalue weighted by Crippen LogP contribution is 2.41. The number of carbonyl (C=O) groups is 2. The first-order valence-corrected chi connectivity index (χ1v) is 9.34. The van der Waals surface area contributed by atoms with Gasteiger partial charge in [-0.05, 0) is 46.2 Å². The standard InChI is InChI=1S/C19H27ClN2O7/c1-10-14(20)8-13(11(2)21-18(25)29-19(3,4)5)17(28-6)16(10)12(7-15(23)24)9-22(26)27/h8,11-12H,7,9H2,1-6H3,(H,21,25)(H,23,24). The molecule has 0 saturated heterocycles. The van der Waals surface area contributed by atoms with E-state index in [4.69, 9.17) is 21.1 Å². The number of carboxylic acid groups (broad SMARTS) is 1. The summed E-state index contributed by atoms with van der Waals surface area (Å²) in [5, 5.41) is 23.3. The van der Waals surface area contributed by atoms with Crippen molar-refractivity contribution in [2.24, 2.45) is 0 Å². The van der Waals surface area contributed by atoms with Crippen molar-refractivity contribution in [1.29, 1.82) is 0 Å². The van der Waals surface area contributed by atoms with Crippen molar-refractivity contribution < 1.29 is 29.1 Å². The normalized spacial score (nSPS) is 13.3. The minimum atomic E-state index is -1.18. The summed E-state index contributed by atoms with van der Waals surface area (Å²) < 4.78 is 10.7. The summed E-state index contributed by atoms with van der Waals surface area (Å²) in [4.78, 5) is 34.0. The van der Waals surface area contributed by atoms with Crippen molar-refractivity contribution in [1.82, 2.24) is 5.32 Å². The van der Waals surface area contributed by atoms with Crippen LogP contribution in [-0.4, -0.2) is 41.3 Å². The molecule has 0 aliphatic carbocycles. The molecule has 29 heavy (non-hydrogen) atoms. The largest absolute Gasteiger partial charge is 0.496 e. The average molecular weight is 431 g/mol. The Hall–Kier alpha value is -2.55. The van der Waals surface area contributed by atoms with Gasteiger partial charge in [0.25, 0.3) is 0 Å². The lowest BCUT2D eigenvalue weighted by atomic mass is 9.88. The zero-order valence-corrected chi connectivity index (χ0v) is 18.1. The van der Waals surface area contributed by atoms with Gasteiger partial charge in [-0.15, -0.1) is 0 Å². The third-order valence-electron chi connectivity index (χ3n) is 4.15. The van der Waals surface area contributed by atoms with E-state index in [1.807, 2.05) is 0 Å². The van der Waals surface area contributed by atoms with Crippen molar-refractivity contribution in [2.45, 2.75) is 58.6 Å². The highest BCUT2D eigenvalue weighted by molar-refractivity contribution is 6.31. The maximum Gasteiger partial charge on any atom is 0.408 e. The summed E-state index contributed by atoms with van der Waals surface area (Å²) in [6.45, 7) is 7.91. The fourth-order valence-corrected chi connectivity index (χ4v) is 3.24. The predicted octanol–water partition coefficient (Wildman–Crippen LogP) is 4.08. The van der Waals surface area contributed by atoms with Crippen LogP contribution < -0.4 is 10.1 Å². The average Bonchev–Trinajstić information content (AvgIpc) is 2.53. The smallest absolute Gasteiger partial charge is 0.408 e. The van der Waals surface area contributed by atoms with Gasteiger partial charge in [0.05, 0.1) is 25.5 Å². The first-order valence-electron chi connectivity index (χ1n) is 8.96. The number of nitrogens with zero attached hydrogens (tertiary/aromatic N) is 1. The van der Waals surface area contributed by atoms with Crippen LogP contribution in [-0.2, 0) is 9.53 Å². The van der Waals surface area contributed by atoms with Gasteiger partial charge in [-0.3, -0.25) is 14.9 Å². The molecule has 10 heteroatoms. The molecule has 2 atom stereocenters. The molecule has 162 valence electrons. The SMILES string of the molecule is COc1c(C(C)NC(=O)OC(C)(C)C)cc(Cl)c(C)c1C(CC(=O)O)C[N+](=O)[O-]. The predicted molar refractivity (Wildman–Crippen MR) is 107 cm³/mol. The second-order valence-electron chi connectivity index (χ2n) is 7.70. The number of aliphatic carboxylic acids is 1. The van der Waals surface area contributed by atoms with Crippen LogP contribution in [0.3, 0.4) is 0 Å². The lowest BCUT2D eigenvalue weighted by Gasteiger charge is -2.26. The Morgan fingerprint density at radius 2 is 1.97 bits per heavy atom. The van der Waals surface area contributed by atoms with E-state index in [0.29, 0.717) is 16.7 Å². The van der Waals surface area contributed by atoms with Gasteiger partial charge in [-0.25, -0.2) is 4.79 Å². The van der Waals surface area contributed by atoms with Crippen LogP contribution in [0.5, 0.6) is 5.75 Å². The molecule has 0 spiro atoms. The minimum absolute atomic E-state index is 0.253. The Morgan fingerprint density at radius 1 is 1.38 bits per heavy atom. The highest BCUT2D eigenvalue weighted by Gasteiger charge is 2.30. The van der Waals surface area contributed by atoms with E-state index in [-0.39, 0.29) is 10.8 Å². The van der Waals surface area contributed by atoms with Gasteiger partial charge in [-0.2, -0.15) is 0 Å². The van der Waals surface area contributed by atoms with E-state index in [1.54, 1.807) is 40.7 Å². The fourth-order valence-electron chi connectivity index (χ4n) is 3.02. The lowest BCUT2D eigenvalue weighted by molar-refractivity contribution is -0.483. The van der Waals surface area contributed by atoms with Crippen LogP contribution >= 0.6 is 11.6 Å². The third-order valence-corrected chi connectivity index (χ3v) is 4.55. The van der Waals surface area contributed by atoms with Crippen molar-refractivity contribution in [3.63, 3.8) is 0 Å². The molecule has 2 N–H and O–H groups in total. The molecule has 1 aromatic rings. The molecule has 1 aromatic carbocycles. The zero-order valence-electron chi connectivity index (χ0n) is 17.4. The third kappa shape index (κ3) is 7.08. The summed E-state index contributed by atoms with van der Waals surface area (Å²) in [5.41, 5.74) is 0.599. The molecule has 2 unspecified atom stereocenters. The molecule has 9 nitrogen and oxygen atoms in total. The van der Waals surface area contributed by atoms with Crippen LogP contribution in [0.4, 0.5) is 4.79 Å². The van der Waals surface area contributed by atoms with E-state index >= 15 is 0 Å². The second kappa shape index (κ2) is 9.78. The van der Waals surface area contributed by atoms with E-state index in [1.165, 1.54) is 7.11 Å². The summed E-state index contributed by atoms with van der Waals surface area (Å²) >= 11 is 6.34. The summed E-state index contributed by atoms with van der Waals surface area (Å²) in [5.74, 6) is -1.88. The van der Waals surface area contributed by atoms with Crippen LogP contribution in [0.1, 0.15) is 62.8 Å². The van der Waals surface area contributed by atoms with Gasteiger partial charge in [-0.1, -0.05) is 11.6 Å². The van der Waals surface area contributed by atoms with Gasteiger partial charge >= 0.3 is 12.1 Å². The minimum Gasteiger partial charge on any atom is -0.496 e. The maximum absolute atomic E-state index is 12.1. The fraction of sp³-hybridized carbons (Fsp3) is 0.579. The van der Waals surface area contributed by atoms with Gasteiger partial charge in [0.15, 0.2) is 0 Å². The number of carbonyl (C=O) groups excluding carboxylic acids is 1. The molecule has 1 rings (SSSR count). The molecule has 0 saturated carbocycles. The molecule has 0 heterocycles. The Balaban J connectivity index is 3.45.